The van der Waals surface area contributed by atoms with Gasteiger partial charge in [-0.2, -0.15) is 0 Å². The Morgan fingerprint density at radius 1 is 1.29 bits per heavy atom. The molecule has 0 radical (unpaired) electrons. The number of anilines is 1. The number of pyridine rings is 1. The van der Waals surface area contributed by atoms with Crippen molar-refractivity contribution in [1.29, 1.82) is 0 Å². The third-order valence-electron chi connectivity index (χ3n) is 4.35. The van der Waals surface area contributed by atoms with Gasteiger partial charge in [-0.15, -0.1) is 0 Å². The number of nitrogens with zero attached hydrogens (tertiary/aromatic N) is 2. The summed E-state index contributed by atoms with van der Waals surface area (Å²) in [7, 11) is 0. The van der Waals surface area contributed by atoms with Gasteiger partial charge >= 0.3 is 0 Å². The van der Waals surface area contributed by atoms with Gasteiger partial charge in [-0.25, -0.2) is 4.98 Å². The first kappa shape index (κ1) is 14.9. The van der Waals surface area contributed by atoms with Crippen molar-refractivity contribution in [2.75, 3.05) is 11.9 Å². The smallest absolute Gasteiger partial charge is 0.253 e. The summed E-state index contributed by atoms with van der Waals surface area (Å²) in [5.74, 6) is -0.0661. The largest absolute Gasteiger partial charge is 0.368 e. The first-order valence-corrected chi connectivity index (χ1v) is 8.18. The number of carbonyl (C=O) groups excluding carboxylic acids is 1. The van der Waals surface area contributed by atoms with Crippen LogP contribution < -0.4 is 5.32 Å². The van der Waals surface area contributed by atoms with E-state index in [0.717, 1.165) is 41.0 Å². The van der Waals surface area contributed by atoms with Gasteiger partial charge in [0.15, 0.2) is 0 Å². The summed E-state index contributed by atoms with van der Waals surface area (Å²) >= 11 is 0. The molecule has 5 heteroatoms. The maximum atomic E-state index is 12.1. The zero-order valence-electron chi connectivity index (χ0n) is 13.5. The Morgan fingerprint density at radius 2 is 2.12 bits per heavy atom. The van der Waals surface area contributed by atoms with Gasteiger partial charge in [-0.1, -0.05) is 18.2 Å². The van der Waals surface area contributed by atoms with Crippen molar-refractivity contribution in [2.45, 2.75) is 25.9 Å². The van der Waals surface area contributed by atoms with Gasteiger partial charge in [-0.3, -0.25) is 4.79 Å². The predicted octanol–water partition coefficient (Wildman–Crippen LogP) is 3.43. The summed E-state index contributed by atoms with van der Waals surface area (Å²) in [6.07, 6.45) is 5.44. The third-order valence-corrected chi connectivity index (χ3v) is 4.35. The highest BCUT2D eigenvalue weighted by Gasteiger charge is 2.23. The lowest BCUT2D eigenvalue weighted by Gasteiger charge is -2.10. The fourth-order valence-electron chi connectivity index (χ4n) is 3.02. The number of benzene rings is 1. The molecule has 0 saturated carbocycles. The van der Waals surface area contributed by atoms with Crippen LogP contribution in [0.3, 0.4) is 0 Å². The van der Waals surface area contributed by atoms with E-state index in [1.54, 1.807) is 0 Å². The molecule has 1 aromatic carbocycles. The first-order chi connectivity index (χ1) is 11.7. The van der Waals surface area contributed by atoms with E-state index >= 15 is 0 Å². The highest BCUT2D eigenvalue weighted by Crippen LogP contribution is 2.23. The molecule has 0 aliphatic carbocycles. The van der Waals surface area contributed by atoms with E-state index in [1.807, 2.05) is 47.1 Å². The Hall–Kier alpha value is -2.66. The molecule has 1 saturated heterocycles. The van der Waals surface area contributed by atoms with Crippen molar-refractivity contribution < 1.29 is 9.53 Å². The number of imidazole rings is 1. The number of rotatable bonds is 3. The molecule has 0 spiro atoms. The molecule has 122 valence electrons. The molecule has 3 heterocycles. The molecule has 3 aromatic rings. The second-order valence-corrected chi connectivity index (χ2v) is 6.12. The lowest BCUT2D eigenvalue weighted by Crippen LogP contribution is -2.26. The van der Waals surface area contributed by atoms with Crippen LogP contribution in [0.5, 0.6) is 0 Å². The first-order valence-electron chi connectivity index (χ1n) is 8.18. The summed E-state index contributed by atoms with van der Waals surface area (Å²) < 4.78 is 7.43. The van der Waals surface area contributed by atoms with E-state index in [2.05, 4.69) is 18.3 Å². The maximum Gasteiger partial charge on any atom is 0.253 e. The van der Waals surface area contributed by atoms with Crippen molar-refractivity contribution in [3.05, 3.63) is 54.4 Å². The van der Waals surface area contributed by atoms with E-state index in [-0.39, 0.29) is 12.0 Å². The van der Waals surface area contributed by atoms with Crippen LogP contribution in [0.1, 0.15) is 18.4 Å². The lowest BCUT2D eigenvalue weighted by molar-refractivity contribution is -0.124. The van der Waals surface area contributed by atoms with Crippen LogP contribution >= 0.6 is 0 Å². The molecule has 1 N–H and O–H groups in total. The van der Waals surface area contributed by atoms with E-state index < -0.39 is 0 Å². The van der Waals surface area contributed by atoms with E-state index in [4.69, 9.17) is 9.72 Å². The Morgan fingerprint density at radius 3 is 2.83 bits per heavy atom. The molecule has 1 aliphatic rings. The molecule has 24 heavy (non-hydrogen) atoms. The number of carbonyl (C=O) groups is 1. The molecule has 2 aromatic heterocycles. The molecule has 4 rings (SSSR count). The SMILES string of the molecule is Cc1cccn2cc(-c3ccc(NC(=O)C4CCCO4)cc3)nc12. The third kappa shape index (κ3) is 2.78. The number of aromatic nitrogens is 2. The Labute approximate surface area is 140 Å². The molecular formula is C19H19N3O2. The number of aryl methyl sites for hydroxylation is 1. The average Bonchev–Trinajstić information content (AvgIpc) is 3.26. The summed E-state index contributed by atoms with van der Waals surface area (Å²) in [5.41, 5.74) is 4.82. The Balaban J connectivity index is 1.54. The van der Waals surface area contributed by atoms with Gasteiger partial charge in [0.05, 0.1) is 5.69 Å². The van der Waals surface area contributed by atoms with Crippen LogP contribution in [0.25, 0.3) is 16.9 Å². The summed E-state index contributed by atoms with van der Waals surface area (Å²) in [4.78, 5) is 16.8. The molecular weight excluding hydrogens is 302 g/mol. The number of hydrogen-bond acceptors (Lipinski definition) is 3. The molecule has 1 atom stereocenters. The van der Waals surface area contributed by atoms with Gasteiger partial charge in [-0.05, 0) is 43.5 Å². The van der Waals surface area contributed by atoms with Gasteiger partial charge in [0.2, 0.25) is 0 Å². The van der Waals surface area contributed by atoms with Gasteiger partial charge in [0, 0.05) is 30.3 Å². The number of hydrogen-bond donors (Lipinski definition) is 1. The van der Waals surface area contributed by atoms with Crippen molar-refractivity contribution in [1.82, 2.24) is 9.38 Å². The number of amides is 1. The minimum absolute atomic E-state index is 0.0661. The number of nitrogens with one attached hydrogen (secondary N) is 1. The van der Waals surface area contributed by atoms with Crippen LogP contribution in [0.4, 0.5) is 5.69 Å². The van der Waals surface area contributed by atoms with Crippen LogP contribution in [0, 0.1) is 6.92 Å². The van der Waals surface area contributed by atoms with E-state index in [1.165, 1.54) is 0 Å². The van der Waals surface area contributed by atoms with Gasteiger partial charge in [0.25, 0.3) is 5.91 Å². The molecule has 1 aliphatic heterocycles. The standard InChI is InChI=1S/C19H19N3O2/c1-13-4-2-10-22-12-16(21-18(13)22)14-6-8-15(9-7-14)20-19(23)17-5-3-11-24-17/h2,4,6-10,12,17H,3,5,11H2,1H3,(H,20,23). The molecule has 1 unspecified atom stereocenters. The second kappa shape index (κ2) is 6.09. The van der Waals surface area contributed by atoms with Crippen molar-refractivity contribution in [3.8, 4) is 11.3 Å². The molecule has 5 nitrogen and oxygen atoms in total. The van der Waals surface area contributed by atoms with Crippen LogP contribution in [0.15, 0.2) is 48.8 Å². The minimum atomic E-state index is -0.314. The van der Waals surface area contributed by atoms with Gasteiger partial charge < -0.3 is 14.5 Å². The maximum absolute atomic E-state index is 12.1. The Kier molecular flexibility index (Phi) is 3.78. The lowest BCUT2D eigenvalue weighted by atomic mass is 10.1. The monoisotopic (exact) mass is 321 g/mol. The zero-order chi connectivity index (χ0) is 16.5. The fourth-order valence-corrected chi connectivity index (χ4v) is 3.02. The zero-order valence-corrected chi connectivity index (χ0v) is 13.5. The summed E-state index contributed by atoms with van der Waals surface area (Å²) in [5, 5.41) is 2.91. The quantitative estimate of drug-likeness (QED) is 0.804. The normalized spacial score (nSPS) is 17.3. The topological polar surface area (TPSA) is 55.6 Å². The minimum Gasteiger partial charge on any atom is -0.368 e. The van der Waals surface area contributed by atoms with E-state index in [9.17, 15) is 4.79 Å². The van der Waals surface area contributed by atoms with E-state index in [0.29, 0.717) is 6.61 Å². The Bertz CT molecular complexity index is 877. The van der Waals surface area contributed by atoms with Crippen LogP contribution in [0.2, 0.25) is 0 Å². The van der Waals surface area contributed by atoms with Crippen LogP contribution in [-0.2, 0) is 9.53 Å². The number of fused-ring (bicyclic) bond motifs is 1. The average molecular weight is 321 g/mol. The number of ether oxygens (including phenoxy) is 1. The predicted molar refractivity (Wildman–Crippen MR) is 93.0 cm³/mol. The molecule has 1 fully saturated rings. The summed E-state index contributed by atoms with van der Waals surface area (Å²) in [6, 6.07) is 11.8. The highest BCUT2D eigenvalue weighted by atomic mass is 16.5. The van der Waals surface area contributed by atoms with Gasteiger partial charge in [0.1, 0.15) is 11.8 Å². The van der Waals surface area contributed by atoms with Crippen molar-refractivity contribution >= 4 is 17.2 Å². The molecule has 0 bridgehead atoms. The van der Waals surface area contributed by atoms with Crippen molar-refractivity contribution in [2.24, 2.45) is 0 Å². The second-order valence-electron chi connectivity index (χ2n) is 6.12. The summed E-state index contributed by atoms with van der Waals surface area (Å²) in [6.45, 7) is 2.72. The van der Waals surface area contributed by atoms with Crippen LogP contribution in [-0.4, -0.2) is 28.0 Å². The fraction of sp³-hybridized carbons (Fsp3) is 0.263. The van der Waals surface area contributed by atoms with Crippen molar-refractivity contribution in [3.63, 3.8) is 0 Å². The highest BCUT2D eigenvalue weighted by molar-refractivity contribution is 5.94. The molecule has 1 amide bonds.